The maximum absolute atomic E-state index is 13.5. The molecule has 0 fully saturated rings. The second-order valence-corrected chi connectivity index (χ2v) is 4.07. The molecule has 2 nitrogen and oxygen atoms in total. The number of carbonyl (C=O) groups is 1. The van der Waals surface area contributed by atoms with Gasteiger partial charge >= 0.3 is 5.97 Å². The van der Waals surface area contributed by atoms with Gasteiger partial charge in [-0.3, -0.25) is 0 Å². The minimum atomic E-state index is -1.06. The number of unbranched alkanes of at least 4 members (excludes halogenated alkanes) is 4. The van der Waals surface area contributed by atoms with Crippen molar-refractivity contribution < 1.29 is 13.9 Å². The van der Waals surface area contributed by atoms with Crippen molar-refractivity contribution in [3.8, 4) is 0 Å². The molecule has 0 rings (SSSR count). The molecular formula is C13H23FO2. The Morgan fingerprint density at radius 1 is 1.38 bits per heavy atom. The lowest BCUT2D eigenvalue weighted by Gasteiger charge is -2.16. The summed E-state index contributed by atoms with van der Waals surface area (Å²) < 4.78 is 18.3. The third-order valence-corrected chi connectivity index (χ3v) is 2.56. The van der Waals surface area contributed by atoms with E-state index in [1.807, 2.05) is 0 Å². The highest BCUT2D eigenvalue weighted by atomic mass is 19.1. The van der Waals surface area contributed by atoms with Crippen LogP contribution in [0, 0.1) is 0 Å². The topological polar surface area (TPSA) is 26.3 Å². The molecule has 2 unspecified atom stereocenters. The standard InChI is InChI=1S/C13H23FO2/c1-4-6-7-8-9-10-12(14)11(3)16-13(15)5-2/h5,11-12H,2,4,6-10H2,1,3H3. The van der Waals surface area contributed by atoms with Crippen LogP contribution in [0.15, 0.2) is 12.7 Å². The predicted molar refractivity (Wildman–Crippen MR) is 64.0 cm³/mol. The molecule has 3 heteroatoms. The fourth-order valence-electron chi connectivity index (χ4n) is 1.48. The average Bonchev–Trinajstić information content (AvgIpc) is 2.28. The first-order valence-electron chi connectivity index (χ1n) is 6.09. The smallest absolute Gasteiger partial charge is 0.330 e. The van der Waals surface area contributed by atoms with E-state index in [2.05, 4.69) is 13.5 Å². The summed E-state index contributed by atoms with van der Waals surface area (Å²) in [6.07, 6.45) is 5.25. The molecule has 0 amide bonds. The van der Waals surface area contributed by atoms with Gasteiger partial charge in [-0.1, -0.05) is 45.6 Å². The third-order valence-electron chi connectivity index (χ3n) is 2.56. The van der Waals surface area contributed by atoms with Crippen LogP contribution in [0.25, 0.3) is 0 Å². The SMILES string of the molecule is C=CC(=O)OC(C)C(F)CCCCCCC. The lowest BCUT2D eigenvalue weighted by Crippen LogP contribution is -2.24. The van der Waals surface area contributed by atoms with Crippen molar-refractivity contribution in [3.05, 3.63) is 12.7 Å². The normalized spacial score (nSPS) is 14.2. The summed E-state index contributed by atoms with van der Waals surface area (Å²) in [6, 6.07) is 0. The second-order valence-electron chi connectivity index (χ2n) is 4.07. The number of esters is 1. The Kier molecular flexibility index (Phi) is 8.87. The maximum Gasteiger partial charge on any atom is 0.330 e. The molecule has 0 aliphatic rings. The Morgan fingerprint density at radius 2 is 2.00 bits per heavy atom. The highest BCUT2D eigenvalue weighted by molar-refractivity contribution is 5.81. The molecule has 0 saturated carbocycles. The molecule has 0 aromatic rings. The first-order chi connectivity index (χ1) is 7.61. The molecule has 0 radical (unpaired) electrons. The van der Waals surface area contributed by atoms with E-state index >= 15 is 0 Å². The van der Waals surface area contributed by atoms with Crippen molar-refractivity contribution in [1.29, 1.82) is 0 Å². The second kappa shape index (κ2) is 9.37. The van der Waals surface area contributed by atoms with E-state index in [0.717, 1.165) is 25.3 Å². The molecule has 0 aliphatic carbocycles. The number of ether oxygens (including phenoxy) is 1. The first kappa shape index (κ1) is 15.1. The van der Waals surface area contributed by atoms with Crippen molar-refractivity contribution in [2.24, 2.45) is 0 Å². The lowest BCUT2D eigenvalue weighted by atomic mass is 10.1. The van der Waals surface area contributed by atoms with E-state index in [1.54, 1.807) is 6.92 Å². The highest BCUT2D eigenvalue weighted by Gasteiger charge is 2.18. The van der Waals surface area contributed by atoms with Crippen LogP contribution < -0.4 is 0 Å². The van der Waals surface area contributed by atoms with Gasteiger partial charge in [-0.25, -0.2) is 9.18 Å². The van der Waals surface area contributed by atoms with Gasteiger partial charge in [0.15, 0.2) is 0 Å². The summed E-state index contributed by atoms with van der Waals surface area (Å²) in [5.74, 6) is -0.555. The average molecular weight is 230 g/mol. The quantitative estimate of drug-likeness (QED) is 0.342. The van der Waals surface area contributed by atoms with E-state index in [4.69, 9.17) is 4.74 Å². The molecular weight excluding hydrogens is 207 g/mol. The zero-order chi connectivity index (χ0) is 12.4. The summed E-state index contributed by atoms with van der Waals surface area (Å²) in [6.45, 7) is 7.00. The Bertz CT molecular complexity index is 204. The van der Waals surface area contributed by atoms with Crippen LogP contribution in [0.2, 0.25) is 0 Å². The Morgan fingerprint density at radius 3 is 2.56 bits per heavy atom. The van der Waals surface area contributed by atoms with Crippen LogP contribution in [0.5, 0.6) is 0 Å². The number of alkyl halides is 1. The maximum atomic E-state index is 13.5. The summed E-state index contributed by atoms with van der Waals surface area (Å²) >= 11 is 0. The van der Waals surface area contributed by atoms with Gasteiger partial charge in [-0.05, 0) is 13.3 Å². The summed E-state index contributed by atoms with van der Waals surface area (Å²) in [4.78, 5) is 10.8. The van der Waals surface area contributed by atoms with Crippen LogP contribution in [0.4, 0.5) is 4.39 Å². The van der Waals surface area contributed by atoms with Gasteiger partial charge in [-0.15, -0.1) is 0 Å². The van der Waals surface area contributed by atoms with E-state index < -0.39 is 18.2 Å². The Balaban J connectivity index is 3.58. The van der Waals surface area contributed by atoms with Gasteiger partial charge in [0.1, 0.15) is 12.3 Å². The monoisotopic (exact) mass is 230 g/mol. The largest absolute Gasteiger partial charge is 0.456 e. The van der Waals surface area contributed by atoms with Crippen LogP contribution in [-0.4, -0.2) is 18.2 Å². The molecule has 0 aliphatic heterocycles. The van der Waals surface area contributed by atoms with Crippen LogP contribution in [0.1, 0.15) is 52.4 Å². The Labute approximate surface area is 97.9 Å². The molecule has 0 N–H and O–H groups in total. The number of rotatable bonds is 9. The molecule has 0 saturated heterocycles. The predicted octanol–water partition coefficient (Wildman–Crippen LogP) is 3.80. The zero-order valence-electron chi connectivity index (χ0n) is 10.4. The van der Waals surface area contributed by atoms with E-state index in [1.165, 1.54) is 12.8 Å². The lowest BCUT2D eigenvalue weighted by molar-refractivity contribution is -0.145. The molecule has 2 atom stereocenters. The summed E-state index contributed by atoms with van der Waals surface area (Å²) in [7, 11) is 0. The van der Waals surface area contributed by atoms with Gasteiger partial charge in [0, 0.05) is 6.08 Å². The molecule has 0 aromatic carbocycles. The fraction of sp³-hybridized carbons (Fsp3) is 0.769. The van der Waals surface area contributed by atoms with Crippen molar-refractivity contribution in [2.45, 2.75) is 64.6 Å². The van der Waals surface area contributed by atoms with Crippen molar-refractivity contribution >= 4 is 5.97 Å². The van der Waals surface area contributed by atoms with Crippen LogP contribution >= 0.6 is 0 Å². The summed E-state index contributed by atoms with van der Waals surface area (Å²) in [5.41, 5.74) is 0. The molecule has 16 heavy (non-hydrogen) atoms. The molecule has 0 spiro atoms. The van der Waals surface area contributed by atoms with E-state index in [0.29, 0.717) is 6.42 Å². The van der Waals surface area contributed by atoms with Crippen molar-refractivity contribution in [3.63, 3.8) is 0 Å². The minimum absolute atomic E-state index is 0.468. The highest BCUT2D eigenvalue weighted by Crippen LogP contribution is 2.14. The number of carbonyl (C=O) groups excluding carboxylic acids is 1. The number of hydrogen-bond donors (Lipinski definition) is 0. The van der Waals surface area contributed by atoms with Gasteiger partial charge in [0.25, 0.3) is 0 Å². The third kappa shape index (κ3) is 7.43. The van der Waals surface area contributed by atoms with E-state index in [-0.39, 0.29) is 0 Å². The van der Waals surface area contributed by atoms with Gasteiger partial charge in [0.05, 0.1) is 0 Å². The Hall–Kier alpha value is -0.860. The molecule has 94 valence electrons. The molecule has 0 bridgehead atoms. The summed E-state index contributed by atoms with van der Waals surface area (Å²) in [5, 5.41) is 0. The first-order valence-corrected chi connectivity index (χ1v) is 6.09. The van der Waals surface area contributed by atoms with Crippen molar-refractivity contribution in [1.82, 2.24) is 0 Å². The molecule has 0 heterocycles. The zero-order valence-corrected chi connectivity index (χ0v) is 10.4. The number of halogens is 1. The minimum Gasteiger partial charge on any atom is -0.456 e. The van der Waals surface area contributed by atoms with Crippen molar-refractivity contribution in [2.75, 3.05) is 0 Å². The van der Waals surface area contributed by atoms with Gasteiger partial charge < -0.3 is 4.74 Å². The molecule has 0 aromatic heterocycles. The van der Waals surface area contributed by atoms with Crippen LogP contribution in [0.3, 0.4) is 0 Å². The van der Waals surface area contributed by atoms with Crippen LogP contribution in [-0.2, 0) is 9.53 Å². The van der Waals surface area contributed by atoms with E-state index in [9.17, 15) is 9.18 Å². The van der Waals surface area contributed by atoms with Gasteiger partial charge in [-0.2, -0.15) is 0 Å². The van der Waals surface area contributed by atoms with Gasteiger partial charge in [0.2, 0.25) is 0 Å². The number of hydrogen-bond acceptors (Lipinski definition) is 2. The fourth-order valence-corrected chi connectivity index (χ4v) is 1.48.